The molecule has 4 rings (SSSR count). The molecular formula is C18H17F3N6O. The quantitative estimate of drug-likeness (QED) is 0.721. The second-order valence-electron chi connectivity index (χ2n) is 6.44. The van der Waals surface area contributed by atoms with Gasteiger partial charge in [-0.15, -0.1) is 5.10 Å². The summed E-state index contributed by atoms with van der Waals surface area (Å²) in [4.78, 5) is 8.22. The van der Waals surface area contributed by atoms with Gasteiger partial charge in [-0.2, -0.15) is 13.2 Å². The molecular weight excluding hydrogens is 373 g/mol. The number of hydrogen-bond donors (Lipinski definition) is 1. The summed E-state index contributed by atoms with van der Waals surface area (Å²) in [5, 5.41) is 11.6. The number of halogens is 3. The molecule has 1 saturated heterocycles. The molecule has 1 aliphatic rings. The summed E-state index contributed by atoms with van der Waals surface area (Å²) in [5.74, 6) is 0. The lowest BCUT2D eigenvalue weighted by Crippen LogP contribution is -2.26. The highest BCUT2D eigenvalue weighted by Crippen LogP contribution is 2.29. The number of aromatic nitrogens is 5. The molecule has 1 fully saturated rings. The second-order valence-corrected chi connectivity index (χ2v) is 6.44. The first-order chi connectivity index (χ1) is 13.5. The van der Waals surface area contributed by atoms with E-state index in [1.807, 2.05) is 0 Å². The van der Waals surface area contributed by atoms with E-state index >= 15 is 0 Å². The summed E-state index contributed by atoms with van der Waals surface area (Å²) in [7, 11) is 0. The molecule has 1 aromatic carbocycles. The second kappa shape index (κ2) is 7.64. The first-order valence-electron chi connectivity index (χ1n) is 8.67. The first kappa shape index (κ1) is 18.5. The van der Waals surface area contributed by atoms with Crippen LogP contribution >= 0.6 is 0 Å². The highest BCUT2D eigenvalue weighted by molar-refractivity contribution is 5.49. The van der Waals surface area contributed by atoms with Crippen molar-refractivity contribution in [1.82, 2.24) is 30.3 Å². The number of ether oxygens (including phenoxy) is 1. The van der Waals surface area contributed by atoms with E-state index in [0.717, 1.165) is 12.1 Å². The van der Waals surface area contributed by atoms with Gasteiger partial charge in [0.15, 0.2) is 0 Å². The molecule has 0 aliphatic carbocycles. The average molecular weight is 390 g/mol. The van der Waals surface area contributed by atoms with Crippen LogP contribution in [0, 0.1) is 0 Å². The summed E-state index contributed by atoms with van der Waals surface area (Å²) in [6.45, 7) is 1.49. The number of nitrogens with one attached hydrogen (secondary N) is 1. The van der Waals surface area contributed by atoms with Crippen molar-refractivity contribution >= 4 is 0 Å². The summed E-state index contributed by atoms with van der Waals surface area (Å²) >= 11 is 0. The Morgan fingerprint density at radius 2 is 1.93 bits per heavy atom. The highest BCUT2D eigenvalue weighted by atomic mass is 19.4. The lowest BCUT2D eigenvalue weighted by molar-refractivity contribution is -0.137. The lowest BCUT2D eigenvalue weighted by atomic mass is 10.1. The predicted molar refractivity (Wildman–Crippen MR) is 93.0 cm³/mol. The predicted octanol–water partition coefficient (Wildman–Crippen LogP) is 2.48. The van der Waals surface area contributed by atoms with Gasteiger partial charge in [-0.25, -0.2) is 4.68 Å². The van der Waals surface area contributed by atoms with Gasteiger partial charge in [0.1, 0.15) is 11.4 Å². The molecule has 1 N–H and O–H groups in total. The van der Waals surface area contributed by atoms with Crippen molar-refractivity contribution in [3.05, 3.63) is 60.2 Å². The van der Waals surface area contributed by atoms with Gasteiger partial charge in [0, 0.05) is 25.5 Å². The number of rotatable bonds is 5. The molecule has 3 heterocycles. The smallest absolute Gasteiger partial charge is 0.370 e. The Morgan fingerprint density at radius 3 is 2.64 bits per heavy atom. The molecule has 0 bridgehead atoms. The Morgan fingerprint density at radius 1 is 1.11 bits per heavy atom. The van der Waals surface area contributed by atoms with Crippen molar-refractivity contribution < 1.29 is 17.9 Å². The van der Waals surface area contributed by atoms with Crippen LogP contribution in [0.1, 0.15) is 17.2 Å². The third-order valence-electron chi connectivity index (χ3n) is 4.55. The minimum Gasteiger partial charge on any atom is -0.370 e. The Balaban J connectivity index is 1.41. The molecule has 10 heteroatoms. The molecule has 3 aromatic rings. The van der Waals surface area contributed by atoms with Gasteiger partial charge in [0.2, 0.25) is 0 Å². The standard InChI is InChI=1S/C18H17F3N6O/c19-18(20,21)13-3-1-12(2-4-13)11-28-17-9-23-8-16(17)27-10-15(25-26-27)14-7-22-5-6-24-14/h1-7,10,16-17,23H,8-9,11H2. The van der Waals surface area contributed by atoms with E-state index in [0.29, 0.717) is 30.0 Å². The fraction of sp³-hybridized carbons (Fsp3) is 0.333. The van der Waals surface area contributed by atoms with Gasteiger partial charge in [-0.1, -0.05) is 17.3 Å². The van der Waals surface area contributed by atoms with Crippen LogP contribution in [-0.4, -0.2) is 44.2 Å². The van der Waals surface area contributed by atoms with E-state index in [2.05, 4.69) is 25.6 Å². The SMILES string of the molecule is FC(F)(F)c1ccc(COC2CNCC2n2cc(-c3cnccn3)nn2)cc1. The maximum atomic E-state index is 12.7. The van der Waals surface area contributed by atoms with E-state index in [4.69, 9.17) is 4.74 Å². The van der Waals surface area contributed by atoms with Gasteiger partial charge in [-0.05, 0) is 17.7 Å². The molecule has 2 unspecified atom stereocenters. The molecule has 2 aromatic heterocycles. The van der Waals surface area contributed by atoms with Gasteiger partial charge in [-0.3, -0.25) is 9.97 Å². The highest BCUT2D eigenvalue weighted by Gasteiger charge is 2.31. The monoisotopic (exact) mass is 390 g/mol. The zero-order chi connectivity index (χ0) is 19.6. The first-order valence-corrected chi connectivity index (χ1v) is 8.67. The van der Waals surface area contributed by atoms with E-state index in [1.54, 1.807) is 29.5 Å². The molecule has 2 atom stereocenters. The van der Waals surface area contributed by atoms with Crippen LogP contribution in [0.5, 0.6) is 0 Å². The molecule has 146 valence electrons. The van der Waals surface area contributed by atoms with E-state index in [9.17, 15) is 13.2 Å². The molecule has 0 spiro atoms. The van der Waals surface area contributed by atoms with E-state index < -0.39 is 11.7 Å². The van der Waals surface area contributed by atoms with Gasteiger partial charge in [0.25, 0.3) is 0 Å². The molecule has 0 amide bonds. The Bertz CT molecular complexity index is 913. The molecule has 7 nitrogen and oxygen atoms in total. The Labute approximate surface area is 158 Å². The van der Waals surface area contributed by atoms with E-state index in [-0.39, 0.29) is 18.8 Å². The number of nitrogens with zero attached hydrogens (tertiary/aromatic N) is 5. The normalized spacial score (nSPS) is 19.8. The van der Waals surface area contributed by atoms with Gasteiger partial charge in [0.05, 0.1) is 36.7 Å². The van der Waals surface area contributed by atoms with Crippen LogP contribution in [0.25, 0.3) is 11.4 Å². The topological polar surface area (TPSA) is 77.8 Å². The van der Waals surface area contributed by atoms with Crippen LogP contribution in [0.15, 0.2) is 49.1 Å². The van der Waals surface area contributed by atoms with Crippen molar-refractivity contribution in [2.75, 3.05) is 13.1 Å². The van der Waals surface area contributed by atoms with Crippen molar-refractivity contribution in [3.63, 3.8) is 0 Å². The van der Waals surface area contributed by atoms with Crippen LogP contribution in [-0.2, 0) is 17.5 Å². The van der Waals surface area contributed by atoms with Crippen LogP contribution in [0.3, 0.4) is 0 Å². The Kier molecular flexibility index (Phi) is 5.05. The van der Waals surface area contributed by atoms with Crippen molar-refractivity contribution in [1.29, 1.82) is 0 Å². The Hall–Kier alpha value is -2.85. The zero-order valence-corrected chi connectivity index (χ0v) is 14.7. The zero-order valence-electron chi connectivity index (χ0n) is 14.7. The van der Waals surface area contributed by atoms with Crippen molar-refractivity contribution in [2.24, 2.45) is 0 Å². The summed E-state index contributed by atoms with van der Waals surface area (Å²) in [6, 6.07) is 4.91. The summed E-state index contributed by atoms with van der Waals surface area (Å²) < 4.78 is 45.6. The molecule has 1 aliphatic heterocycles. The average Bonchev–Trinajstić information content (AvgIpc) is 3.36. The summed E-state index contributed by atoms with van der Waals surface area (Å²) in [5.41, 5.74) is 1.25. The fourth-order valence-corrected chi connectivity index (χ4v) is 3.06. The van der Waals surface area contributed by atoms with Crippen LogP contribution in [0.2, 0.25) is 0 Å². The molecule has 28 heavy (non-hydrogen) atoms. The third-order valence-corrected chi connectivity index (χ3v) is 4.55. The van der Waals surface area contributed by atoms with E-state index in [1.165, 1.54) is 12.1 Å². The minimum absolute atomic E-state index is 0.0765. The van der Waals surface area contributed by atoms with Gasteiger partial charge >= 0.3 is 6.18 Å². The largest absolute Gasteiger partial charge is 0.416 e. The maximum absolute atomic E-state index is 12.7. The lowest BCUT2D eigenvalue weighted by Gasteiger charge is -2.19. The minimum atomic E-state index is -4.34. The van der Waals surface area contributed by atoms with Crippen LogP contribution in [0.4, 0.5) is 13.2 Å². The fourth-order valence-electron chi connectivity index (χ4n) is 3.06. The third kappa shape index (κ3) is 4.02. The maximum Gasteiger partial charge on any atom is 0.416 e. The molecule has 0 radical (unpaired) electrons. The number of hydrogen-bond acceptors (Lipinski definition) is 6. The van der Waals surface area contributed by atoms with Crippen molar-refractivity contribution in [2.45, 2.75) is 24.9 Å². The van der Waals surface area contributed by atoms with Crippen molar-refractivity contribution in [3.8, 4) is 11.4 Å². The van der Waals surface area contributed by atoms with Gasteiger partial charge < -0.3 is 10.1 Å². The number of alkyl halides is 3. The number of benzene rings is 1. The molecule has 0 saturated carbocycles. The van der Waals surface area contributed by atoms with Crippen LogP contribution < -0.4 is 5.32 Å². The summed E-state index contributed by atoms with van der Waals surface area (Å²) in [6.07, 6.45) is 2.05.